The summed E-state index contributed by atoms with van der Waals surface area (Å²) in [7, 11) is 0. The molecule has 2 nitrogen and oxygen atoms in total. The summed E-state index contributed by atoms with van der Waals surface area (Å²) >= 11 is 0. The lowest BCUT2D eigenvalue weighted by Gasteiger charge is -2.38. The second kappa shape index (κ2) is 6.38. The number of benzene rings is 1. The number of rotatable bonds is 4. The first-order chi connectivity index (χ1) is 9.13. The van der Waals surface area contributed by atoms with Gasteiger partial charge in [0, 0.05) is 12.6 Å². The molecule has 0 aliphatic carbocycles. The van der Waals surface area contributed by atoms with Crippen molar-refractivity contribution < 1.29 is 9.50 Å². The highest BCUT2D eigenvalue weighted by molar-refractivity contribution is 5.50. The standard InChI is InChI=1S/C16H24FNO/c1-3-6-14-7-4-5-10-18(14)16-9-8-13(12(2)19)11-15(16)17/h8-9,11-12,14,19H,3-7,10H2,1-2H3. The third-order valence-corrected chi connectivity index (χ3v) is 4.01. The number of anilines is 1. The van der Waals surface area contributed by atoms with E-state index in [0.29, 0.717) is 17.3 Å². The molecule has 1 saturated heterocycles. The van der Waals surface area contributed by atoms with E-state index in [4.69, 9.17) is 0 Å². The molecule has 106 valence electrons. The van der Waals surface area contributed by atoms with Crippen LogP contribution in [0.3, 0.4) is 0 Å². The lowest BCUT2D eigenvalue weighted by Crippen LogP contribution is -2.40. The normalized spacial score (nSPS) is 21.5. The number of hydrogen-bond donors (Lipinski definition) is 1. The van der Waals surface area contributed by atoms with E-state index in [0.717, 1.165) is 32.2 Å². The van der Waals surface area contributed by atoms with Gasteiger partial charge >= 0.3 is 0 Å². The molecular formula is C16H24FNO. The van der Waals surface area contributed by atoms with Gasteiger partial charge in [0.2, 0.25) is 0 Å². The van der Waals surface area contributed by atoms with Crippen LogP contribution in [0.4, 0.5) is 10.1 Å². The molecular weight excluding hydrogens is 241 g/mol. The monoisotopic (exact) mass is 265 g/mol. The molecule has 1 heterocycles. The molecule has 2 unspecified atom stereocenters. The van der Waals surface area contributed by atoms with E-state index < -0.39 is 6.10 Å². The van der Waals surface area contributed by atoms with Gasteiger partial charge < -0.3 is 10.0 Å². The Hall–Kier alpha value is -1.09. The van der Waals surface area contributed by atoms with Crippen molar-refractivity contribution >= 4 is 5.69 Å². The maximum absolute atomic E-state index is 14.3. The third kappa shape index (κ3) is 3.27. The van der Waals surface area contributed by atoms with Gasteiger partial charge in [0.05, 0.1) is 11.8 Å². The minimum Gasteiger partial charge on any atom is -0.389 e. The Morgan fingerprint density at radius 3 is 2.84 bits per heavy atom. The van der Waals surface area contributed by atoms with Crippen molar-refractivity contribution in [1.82, 2.24) is 0 Å². The lowest BCUT2D eigenvalue weighted by atomic mass is 9.97. The molecule has 3 heteroatoms. The fraction of sp³-hybridized carbons (Fsp3) is 0.625. The molecule has 2 rings (SSSR count). The molecule has 19 heavy (non-hydrogen) atoms. The summed E-state index contributed by atoms with van der Waals surface area (Å²) in [6.45, 7) is 4.78. The Bertz CT molecular complexity index is 417. The average Bonchev–Trinajstić information content (AvgIpc) is 2.40. The Morgan fingerprint density at radius 2 is 2.21 bits per heavy atom. The van der Waals surface area contributed by atoms with Crippen LogP contribution in [0.2, 0.25) is 0 Å². The molecule has 0 amide bonds. The number of aliphatic hydroxyl groups is 1. The zero-order chi connectivity index (χ0) is 13.8. The predicted molar refractivity (Wildman–Crippen MR) is 76.9 cm³/mol. The van der Waals surface area contributed by atoms with Gasteiger partial charge in [0.15, 0.2) is 0 Å². The van der Waals surface area contributed by atoms with E-state index in [1.165, 1.54) is 12.5 Å². The summed E-state index contributed by atoms with van der Waals surface area (Å²) < 4.78 is 14.3. The Labute approximate surface area is 115 Å². The van der Waals surface area contributed by atoms with Gasteiger partial charge in [-0.2, -0.15) is 0 Å². The number of halogens is 1. The van der Waals surface area contributed by atoms with E-state index in [1.54, 1.807) is 6.92 Å². The van der Waals surface area contributed by atoms with E-state index in [1.807, 2.05) is 12.1 Å². The zero-order valence-corrected chi connectivity index (χ0v) is 11.9. The molecule has 2 atom stereocenters. The molecule has 1 aromatic carbocycles. The quantitative estimate of drug-likeness (QED) is 0.888. The summed E-state index contributed by atoms with van der Waals surface area (Å²) in [4.78, 5) is 2.22. The third-order valence-electron chi connectivity index (χ3n) is 4.01. The summed E-state index contributed by atoms with van der Waals surface area (Å²) in [5.41, 5.74) is 1.34. The zero-order valence-electron chi connectivity index (χ0n) is 11.9. The van der Waals surface area contributed by atoms with Crippen LogP contribution >= 0.6 is 0 Å². The van der Waals surface area contributed by atoms with Crippen LogP contribution in [-0.4, -0.2) is 17.7 Å². The van der Waals surface area contributed by atoms with E-state index >= 15 is 0 Å². The molecule has 0 saturated carbocycles. The minimum atomic E-state index is -0.614. The Morgan fingerprint density at radius 1 is 1.42 bits per heavy atom. The fourth-order valence-corrected chi connectivity index (χ4v) is 2.97. The molecule has 0 bridgehead atoms. The molecule has 0 radical (unpaired) electrons. The van der Waals surface area contributed by atoms with Crippen molar-refractivity contribution in [2.75, 3.05) is 11.4 Å². The van der Waals surface area contributed by atoms with E-state index in [2.05, 4.69) is 11.8 Å². The Kier molecular flexibility index (Phi) is 4.81. The molecule has 1 N–H and O–H groups in total. The van der Waals surface area contributed by atoms with Crippen LogP contribution in [0, 0.1) is 5.82 Å². The lowest BCUT2D eigenvalue weighted by molar-refractivity contribution is 0.199. The molecule has 0 spiro atoms. The van der Waals surface area contributed by atoms with E-state index in [-0.39, 0.29) is 5.82 Å². The van der Waals surface area contributed by atoms with Crippen LogP contribution in [0.15, 0.2) is 18.2 Å². The average molecular weight is 265 g/mol. The number of nitrogens with zero attached hydrogens (tertiary/aromatic N) is 1. The number of hydrogen-bond acceptors (Lipinski definition) is 2. The summed E-state index contributed by atoms with van der Waals surface area (Å²) in [6, 6.07) is 5.59. The van der Waals surface area contributed by atoms with Crippen LogP contribution in [-0.2, 0) is 0 Å². The second-order valence-corrected chi connectivity index (χ2v) is 5.52. The first-order valence-corrected chi connectivity index (χ1v) is 7.37. The van der Waals surface area contributed by atoms with Crippen LogP contribution in [0.25, 0.3) is 0 Å². The van der Waals surface area contributed by atoms with Crippen LogP contribution in [0.5, 0.6) is 0 Å². The fourth-order valence-electron chi connectivity index (χ4n) is 2.97. The van der Waals surface area contributed by atoms with Gasteiger partial charge in [-0.15, -0.1) is 0 Å². The number of aliphatic hydroxyl groups excluding tert-OH is 1. The topological polar surface area (TPSA) is 23.5 Å². The van der Waals surface area contributed by atoms with Gasteiger partial charge in [-0.05, 0) is 50.3 Å². The molecule has 0 aromatic heterocycles. The first kappa shape index (κ1) is 14.3. The van der Waals surface area contributed by atoms with Gasteiger partial charge in [0.1, 0.15) is 5.82 Å². The van der Waals surface area contributed by atoms with Crippen molar-refractivity contribution in [3.63, 3.8) is 0 Å². The summed E-state index contributed by atoms with van der Waals surface area (Å²) in [5, 5.41) is 9.51. The number of piperidine rings is 1. The van der Waals surface area contributed by atoms with Crippen molar-refractivity contribution in [2.24, 2.45) is 0 Å². The van der Waals surface area contributed by atoms with E-state index in [9.17, 15) is 9.50 Å². The maximum atomic E-state index is 14.3. The summed E-state index contributed by atoms with van der Waals surface area (Å²) in [6.07, 6.45) is 5.18. The van der Waals surface area contributed by atoms with Gasteiger partial charge in [-0.25, -0.2) is 4.39 Å². The van der Waals surface area contributed by atoms with Gasteiger partial charge in [-0.3, -0.25) is 0 Å². The van der Waals surface area contributed by atoms with Crippen molar-refractivity contribution in [1.29, 1.82) is 0 Å². The maximum Gasteiger partial charge on any atom is 0.146 e. The second-order valence-electron chi connectivity index (χ2n) is 5.52. The first-order valence-electron chi connectivity index (χ1n) is 7.37. The molecule has 1 aromatic rings. The highest BCUT2D eigenvalue weighted by Crippen LogP contribution is 2.30. The van der Waals surface area contributed by atoms with Crippen molar-refractivity contribution in [2.45, 2.75) is 58.1 Å². The molecule has 1 aliphatic heterocycles. The smallest absolute Gasteiger partial charge is 0.146 e. The SMILES string of the molecule is CCCC1CCCCN1c1ccc(C(C)O)cc1F. The van der Waals surface area contributed by atoms with Gasteiger partial charge in [0.25, 0.3) is 0 Å². The van der Waals surface area contributed by atoms with Crippen molar-refractivity contribution in [3.05, 3.63) is 29.6 Å². The van der Waals surface area contributed by atoms with Gasteiger partial charge in [-0.1, -0.05) is 19.4 Å². The largest absolute Gasteiger partial charge is 0.389 e. The predicted octanol–water partition coefficient (Wildman–Crippen LogP) is 4.04. The molecule has 1 fully saturated rings. The molecule has 1 aliphatic rings. The van der Waals surface area contributed by atoms with Crippen LogP contribution < -0.4 is 4.90 Å². The summed E-state index contributed by atoms with van der Waals surface area (Å²) in [5.74, 6) is -0.207. The minimum absolute atomic E-state index is 0.207. The highest BCUT2D eigenvalue weighted by atomic mass is 19.1. The van der Waals surface area contributed by atoms with Crippen LogP contribution in [0.1, 0.15) is 57.6 Å². The van der Waals surface area contributed by atoms with Crippen molar-refractivity contribution in [3.8, 4) is 0 Å². The Balaban J connectivity index is 2.23. The highest BCUT2D eigenvalue weighted by Gasteiger charge is 2.24.